The van der Waals surface area contributed by atoms with Crippen LogP contribution >= 0.6 is 0 Å². The van der Waals surface area contributed by atoms with Crippen LogP contribution in [0.4, 0.5) is 0 Å². The Hall–Kier alpha value is 0.0300. The van der Waals surface area contributed by atoms with E-state index in [0.717, 1.165) is 0 Å². The Morgan fingerprint density at radius 1 is 2.00 bits per heavy atom. The van der Waals surface area contributed by atoms with Crippen LogP contribution in [0, 0.1) is 0 Å². The molecule has 0 radical (unpaired) electrons. The topological polar surface area (TPSA) is 46.5 Å². The Morgan fingerprint density at radius 3 is 2.62 bits per heavy atom. The van der Waals surface area contributed by atoms with Crippen LogP contribution in [0.3, 0.4) is 0 Å². The largest absolute Gasteiger partial charge is 0.285 e. The van der Waals surface area contributed by atoms with E-state index in [-0.39, 0.29) is 6.61 Å². The summed E-state index contributed by atoms with van der Waals surface area (Å²) in [6.07, 6.45) is 1.35. The van der Waals surface area contributed by atoms with E-state index in [4.69, 9.17) is 4.55 Å². The molecule has 0 aromatic heterocycles. The maximum atomic E-state index is 10.0. The van der Waals surface area contributed by atoms with E-state index < -0.39 is 9.05 Å². The molecule has 0 bridgehead atoms. The van der Waals surface area contributed by atoms with Gasteiger partial charge in [-0.25, -0.2) is 0 Å². The van der Waals surface area contributed by atoms with Crippen molar-refractivity contribution in [3.63, 3.8) is 0 Å². The highest BCUT2D eigenvalue weighted by atomic mass is 32.9. The van der Waals surface area contributed by atoms with E-state index in [1.54, 1.807) is 0 Å². The van der Waals surface area contributed by atoms with Gasteiger partial charge < -0.3 is 0 Å². The van der Waals surface area contributed by atoms with Crippen molar-refractivity contribution in [3.8, 4) is 0 Å². The zero-order valence-corrected chi connectivity index (χ0v) is 5.70. The standard InChI is InChI=1S/C3H6O3S2/c1-2-3-6-8(4,5)7/h2H,1,3H2,(H,4,5,7). The van der Waals surface area contributed by atoms with Gasteiger partial charge in [-0.15, -0.1) is 6.58 Å². The van der Waals surface area contributed by atoms with Gasteiger partial charge in [0.1, 0.15) is 0 Å². The van der Waals surface area contributed by atoms with Gasteiger partial charge in [0.05, 0.1) is 6.61 Å². The molecule has 3 nitrogen and oxygen atoms in total. The molecule has 0 aliphatic rings. The van der Waals surface area contributed by atoms with Gasteiger partial charge in [-0.2, -0.15) is 4.21 Å². The van der Waals surface area contributed by atoms with E-state index in [1.807, 2.05) is 0 Å². The van der Waals surface area contributed by atoms with Gasteiger partial charge in [0, 0.05) is 11.2 Å². The lowest BCUT2D eigenvalue weighted by molar-refractivity contribution is 0.340. The fourth-order valence-corrected chi connectivity index (χ4v) is 0.569. The van der Waals surface area contributed by atoms with E-state index >= 15 is 0 Å². The smallest absolute Gasteiger partial charge is 0.266 e. The van der Waals surface area contributed by atoms with Gasteiger partial charge in [0.15, 0.2) is 0 Å². The molecule has 0 saturated carbocycles. The zero-order chi connectivity index (χ0) is 6.62. The second-order valence-corrected chi connectivity index (χ2v) is 3.36. The number of hydrogen-bond donors (Lipinski definition) is 1. The summed E-state index contributed by atoms with van der Waals surface area (Å²) in [5, 5.41) is 0. The van der Waals surface area contributed by atoms with Crippen molar-refractivity contribution in [3.05, 3.63) is 12.7 Å². The van der Waals surface area contributed by atoms with Crippen LogP contribution in [0.1, 0.15) is 0 Å². The lowest BCUT2D eigenvalue weighted by Crippen LogP contribution is -2.00. The van der Waals surface area contributed by atoms with E-state index in [9.17, 15) is 4.21 Å². The fraction of sp³-hybridized carbons (Fsp3) is 0.333. The Morgan fingerprint density at radius 2 is 2.50 bits per heavy atom. The SMILES string of the molecule is C=CCOS(=O)(O)=S. The van der Waals surface area contributed by atoms with Gasteiger partial charge in [-0.3, -0.25) is 8.74 Å². The maximum Gasteiger partial charge on any atom is 0.266 e. The van der Waals surface area contributed by atoms with Gasteiger partial charge in [-0.1, -0.05) is 6.08 Å². The first-order valence-electron chi connectivity index (χ1n) is 1.79. The highest BCUT2D eigenvalue weighted by Gasteiger charge is 1.93. The number of hydrogen-bond acceptors (Lipinski definition) is 3. The van der Waals surface area contributed by atoms with E-state index in [2.05, 4.69) is 22.0 Å². The normalized spacial score (nSPS) is 17.1. The first-order valence-corrected chi connectivity index (χ1v) is 4.15. The van der Waals surface area contributed by atoms with Crippen molar-refractivity contribution in [1.82, 2.24) is 0 Å². The van der Waals surface area contributed by atoms with Crippen molar-refractivity contribution < 1.29 is 12.9 Å². The summed E-state index contributed by atoms with van der Waals surface area (Å²) in [6.45, 7) is 3.27. The molecule has 0 aromatic carbocycles. The van der Waals surface area contributed by atoms with Gasteiger partial charge in [0.25, 0.3) is 9.05 Å². The fourth-order valence-electron chi connectivity index (χ4n) is 0.134. The van der Waals surface area contributed by atoms with E-state index in [0.29, 0.717) is 0 Å². The third kappa shape index (κ3) is 6.03. The average Bonchev–Trinajstić information content (AvgIpc) is 1.59. The summed E-state index contributed by atoms with van der Waals surface area (Å²) in [5.41, 5.74) is 0. The van der Waals surface area contributed by atoms with Crippen LogP contribution in [-0.2, 0) is 24.4 Å². The molecule has 0 spiro atoms. The third-order valence-electron chi connectivity index (χ3n) is 0.335. The predicted molar refractivity (Wildman–Crippen MR) is 34.3 cm³/mol. The van der Waals surface area contributed by atoms with Crippen LogP contribution < -0.4 is 0 Å². The molecule has 1 atom stereocenters. The van der Waals surface area contributed by atoms with Crippen LogP contribution in [0.2, 0.25) is 0 Å². The molecular formula is C3H6O3S2. The molecular weight excluding hydrogens is 148 g/mol. The van der Waals surface area contributed by atoms with Gasteiger partial charge >= 0.3 is 0 Å². The second kappa shape index (κ2) is 3.13. The molecule has 8 heavy (non-hydrogen) atoms. The van der Waals surface area contributed by atoms with Crippen molar-refractivity contribution in [1.29, 1.82) is 0 Å². The second-order valence-electron chi connectivity index (χ2n) is 1.00. The highest BCUT2D eigenvalue weighted by molar-refractivity contribution is 8.27. The third-order valence-corrected chi connectivity index (χ3v) is 1.06. The monoisotopic (exact) mass is 154 g/mol. The average molecular weight is 154 g/mol. The van der Waals surface area contributed by atoms with Crippen molar-refractivity contribution in [2.45, 2.75) is 0 Å². The quantitative estimate of drug-likeness (QED) is 0.595. The Balaban J connectivity index is 3.57. The molecule has 0 saturated heterocycles. The molecule has 5 heteroatoms. The highest BCUT2D eigenvalue weighted by Crippen LogP contribution is 1.84. The molecule has 48 valence electrons. The van der Waals surface area contributed by atoms with Crippen LogP contribution in [0.25, 0.3) is 0 Å². The first-order chi connectivity index (χ1) is 3.56. The molecule has 0 rings (SSSR count). The summed E-state index contributed by atoms with van der Waals surface area (Å²) >= 11 is 3.96. The molecule has 0 aromatic rings. The first kappa shape index (κ1) is 8.03. The summed E-state index contributed by atoms with van der Waals surface area (Å²) in [7, 11) is -3.42. The van der Waals surface area contributed by atoms with Crippen LogP contribution in [0.5, 0.6) is 0 Å². The van der Waals surface area contributed by atoms with Crippen molar-refractivity contribution in [2.24, 2.45) is 0 Å². The van der Waals surface area contributed by atoms with E-state index in [1.165, 1.54) is 6.08 Å². The molecule has 0 fully saturated rings. The molecule has 1 N–H and O–H groups in total. The van der Waals surface area contributed by atoms with Gasteiger partial charge in [0.2, 0.25) is 0 Å². The number of rotatable bonds is 3. The Kier molecular flexibility index (Phi) is 3.15. The lowest BCUT2D eigenvalue weighted by Gasteiger charge is -1.93. The molecule has 0 aliphatic carbocycles. The zero-order valence-electron chi connectivity index (χ0n) is 4.07. The maximum absolute atomic E-state index is 10.0. The minimum atomic E-state index is -3.42. The summed E-state index contributed by atoms with van der Waals surface area (Å²) in [5.74, 6) is 0. The van der Waals surface area contributed by atoms with Crippen LogP contribution in [-0.4, -0.2) is 15.4 Å². The Labute approximate surface area is 53.1 Å². The minimum absolute atomic E-state index is 0.0127. The molecule has 0 aliphatic heterocycles. The summed E-state index contributed by atoms with van der Waals surface area (Å²) < 4.78 is 22.4. The lowest BCUT2D eigenvalue weighted by atomic mass is 10.7. The Bertz CT molecular complexity index is 157. The predicted octanol–water partition coefficient (Wildman–Crippen LogP) is 0.323. The molecule has 0 amide bonds. The summed E-state index contributed by atoms with van der Waals surface area (Å²) in [4.78, 5) is 0. The van der Waals surface area contributed by atoms with Crippen molar-refractivity contribution >= 4 is 20.2 Å². The molecule has 1 unspecified atom stereocenters. The summed E-state index contributed by atoms with van der Waals surface area (Å²) in [6, 6.07) is 0. The van der Waals surface area contributed by atoms with Gasteiger partial charge in [-0.05, 0) is 0 Å². The minimum Gasteiger partial charge on any atom is -0.285 e. The molecule has 0 heterocycles. The van der Waals surface area contributed by atoms with Crippen LogP contribution in [0.15, 0.2) is 12.7 Å². The van der Waals surface area contributed by atoms with Crippen molar-refractivity contribution in [2.75, 3.05) is 6.61 Å².